The van der Waals surface area contributed by atoms with Gasteiger partial charge in [-0.25, -0.2) is 14.5 Å². The van der Waals surface area contributed by atoms with E-state index in [2.05, 4.69) is 16.9 Å². The van der Waals surface area contributed by atoms with Gasteiger partial charge in [0.05, 0.1) is 0 Å². The molecule has 0 aromatic carbocycles. The fourth-order valence-corrected chi connectivity index (χ4v) is 1.76. The van der Waals surface area contributed by atoms with Crippen molar-refractivity contribution in [1.82, 2.24) is 15.0 Å². The van der Waals surface area contributed by atoms with Gasteiger partial charge < -0.3 is 5.32 Å². The molecule has 0 atom stereocenters. The predicted octanol–water partition coefficient (Wildman–Crippen LogP) is 0.255. The highest BCUT2D eigenvalue weighted by atomic mass is 32.2. The Kier molecular flexibility index (Phi) is 4.01. The summed E-state index contributed by atoms with van der Waals surface area (Å²) < 4.78 is 24.9. The van der Waals surface area contributed by atoms with Gasteiger partial charge in [-0.05, 0) is 12.1 Å². The fourth-order valence-electron chi connectivity index (χ4n) is 0.881. The molecule has 0 saturated heterocycles. The van der Waals surface area contributed by atoms with Gasteiger partial charge in [-0.1, -0.05) is 12.1 Å². The number of hydrogen-bond acceptors (Lipinski definition) is 4. The van der Waals surface area contributed by atoms with Crippen LogP contribution in [0.3, 0.4) is 0 Å². The van der Waals surface area contributed by atoms with Crippen LogP contribution in [0.2, 0.25) is 0 Å². The molecule has 0 radical (unpaired) electrons. The predicted molar refractivity (Wildman–Crippen MR) is 58.2 cm³/mol. The van der Waals surface area contributed by atoms with E-state index in [4.69, 9.17) is 0 Å². The molecule has 1 aromatic heterocycles. The van der Waals surface area contributed by atoms with Gasteiger partial charge in [0.25, 0.3) is 10.0 Å². The van der Waals surface area contributed by atoms with Gasteiger partial charge in [0, 0.05) is 12.7 Å². The molecular weight excluding hydrogens is 230 g/mol. The second-order valence-electron chi connectivity index (χ2n) is 2.77. The van der Waals surface area contributed by atoms with Gasteiger partial charge in [-0.2, -0.15) is 8.42 Å². The Morgan fingerprint density at radius 2 is 2.25 bits per heavy atom. The minimum Gasteiger partial charge on any atom is -0.334 e. The van der Waals surface area contributed by atoms with Crippen molar-refractivity contribution in [3.63, 3.8) is 0 Å². The highest BCUT2D eigenvalue weighted by Crippen LogP contribution is 2.02. The molecule has 1 aromatic rings. The minimum absolute atomic E-state index is 0.184. The maximum Gasteiger partial charge on any atom is 0.328 e. The highest BCUT2D eigenvalue weighted by Gasteiger charge is 2.17. The SMILES string of the molecule is C=CCNC(=O)NS(=O)(=O)c1ccccn1. The van der Waals surface area contributed by atoms with E-state index in [0.717, 1.165) is 0 Å². The van der Waals surface area contributed by atoms with Crippen molar-refractivity contribution in [2.24, 2.45) is 0 Å². The number of urea groups is 1. The Hall–Kier alpha value is -1.89. The number of aromatic nitrogens is 1. The van der Waals surface area contributed by atoms with E-state index in [-0.39, 0.29) is 11.6 Å². The Balaban J connectivity index is 2.73. The molecule has 0 aliphatic carbocycles. The lowest BCUT2D eigenvalue weighted by molar-refractivity contribution is 0.247. The first-order valence-electron chi connectivity index (χ1n) is 4.39. The lowest BCUT2D eigenvalue weighted by Crippen LogP contribution is -2.39. The summed E-state index contributed by atoms with van der Waals surface area (Å²) in [5.74, 6) is 0. The number of carbonyl (C=O) groups is 1. The van der Waals surface area contributed by atoms with Crippen molar-refractivity contribution >= 4 is 16.1 Å². The summed E-state index contributed by atoms with van der Waals surface area (Å²) in [4.78, 5) is 14.7. The minimum atomic E-state index is -3.90. The van der Waals surface area contributed by atoms with Crippen molar-refractivity contribution in [2.75, 3.05) is 6.54 Å². The molecule has 2 N–H and O–H groups in total. The van der Waals surface area contributed by atoms with Crippen LogP contribution in [0.4, 0.5) is 4.79 Å². The number of hydrogen-bond donors (Lipinski definition) is 2. The van der Waals surface area contributed by atoms with Gasteiger partial charge in [-0.15, -0.1) is 6.58 Å². The Morgan fingerprint density at radius 1 is 1.50 bits per heavy atom. The van der Waals surface area contributed by atoms with Crippen LogP contribution in [0, 0.1) is 0 Å². The quantitative estimate of drug-likeness (QED) is 0.740. The smallest absolute Gasteiger partial charge is 0.328 e. The average Bonchev–Trinajstić information content (AvgIpc) is 2.27. The van der Waals surface area contributed by atoms with Crippen molar-refractivity contribution in [3.8, 4) is 0 Å². The number of carbonyl (C=O) groups excluding carboxylic acids is 1. The van der Waals surface area contributed by atoms with E-state index >= 15 is 0 Å². The van der Waals surface area contributed by atoms with Crippen molar-refractivity contribution < 1.29 is 13.2 Å². The van der Waals surface area contributed by atoms with Crippen LogP contribution in [0.25, 0.3) is 0 Å². The molecule has 16 heavy (non-hydrogen) atoms. The first-order valence-corrected chi connectivity index (χ1v) is 5.87. The third-order valence-electron chi connectivity index (χ3n) is 1.55. The molecule has 7 heteroatoms. The van der Waals surface area contributed by atoms with Crippen LogP contribution >= 0.6 is 0 Å². The van der Waals surface area contributed by atoms with E-state index in [1.807, 2.05) is 4.72 Å². The first kappa shape index (κ1) is 12.2. The van der Waals surface area contributed by atoms with E-state index in [9.17, 15) is 13.2 Å². The molecular formula is C9H11N3O3S. The largest absolute Gasteiger partial charge is 0.334 e. The Morgan fingerprint density at radius 3 is 2.81 bits per heavy atom. The average molecular weight is 241 g/mol. The number of sulfonamides is 1. The number of amides is 2. The zero-order valence-electron chi connectivity index (χ0n) is 8.38. The molecule has 2 amide bonds. The van der Waals surface area contributed by atoms with Gasteiger partial charge in [0.15, 0.2) is 5.03 Å². The molecule has 0 unspecified atom stereocenters. The molecule has 0 saturated carbocycles. The molecule has 1 heterocycles. The van der Waals surface area contributed by atoms with E-state index < -0.39 is 16.1 Å². The Bertz CT molecular complexity index is 470. The fraction of sp³-hybridized carbons (Fsp3) is 0.111. The standard InChI is InChI=1S/C9H11N3O3S/c1-2-6-11-9(13)12-16(14,15)8-5-3-4-7-10-8/h2-5,7H,1,6H2,(H2,11,12,13). The summed E-state index contributed by atoms with van der Waals surface area (Å²) in [6, 6.07) is 3.58. The molecule has 0 aliphatic rings. The zero-order valence-corrected chi connectivity index (χ0v) is 9.20. The summed E-state index contributed by atoms with van der Waals surface area (Å²) in [6.45, 7) is 3.57. The lowest BCUT2D eigenvalue weighted by atomic mass is 10.5. The highest BCUT2D eigenvalue weighted by molar-refractivity contribution is 7.90. The first-order chi connectivity index (χ1) is 7.56. The van der Waals surface area contributed by atoms with Crippen molar-refractivity contribution in [2.45, 2.75) is 5.03 Å². The normalized spacial score (nSPS) is 10.5. The summed E-state index contributed by atoms with van der Waals surface area (Å²) >= 11 is 0. The molecule has 0 bridgehead atoms. The second-order valence-corrected chi connectivity index (χ2v) is 4.40. The molecule has 0 aliphatic heterocycles. The van der Waals surface area contributed by atoms with Gasteiger partial charge in [-0.3, -0.25) is 0 Å². The third kappa shape index (κ3) is 3.35. The Labute approximate surface area is 93.4 Å². The van der Waals surface area contributed by atoms with Crippen LogP contribution in [0.1, 0.15) is 0 Å². The van der Waals surface area contributed by atoms with Gasteiger partial charge in [0.1, 0.15) is 0 Å². The third-order valence-corrected chi connectivity index (χ3v) is 2.79. The van der Waals surface area contributed by atoms with Gasteiger partial charge >= 0.3 is 6.03 Å². The number of rotatable bonds is 4. The van der Waals surface area contributed by atoms with Crippen LogP contribution < -0.4 is 10.0 Å². The van der Waals surface area contributed by atoms with Crippen LogP contribution in [0.15, 0.2) is 42.1 Å². The maximum absolute atomic E-state index is 11.5. The number of pyridine rings is 1. The summed E-state index contributed by atoms with van der Waals surface area (Å²) in [5.41, 5.74) is 0. The molecule has 0 fully saturated rings. The topological polar surface area (TPSA) is 88.2 Å². The van der Waals surface area contributed by atoms with Crippen LogP contribution in [-0.4, -0.2) is 26.0 Å². The molecule has 0 spiro atoms. The second kappa shape index (κ2) is 5.26. The summed E-state index contributed by atoms with van der Waals surface area (Å²) in [6.07, 6.45) is 2.77. The summed E-state index contributed by atoms with van der Waals surface area (Å²) in [7, 11) is -3.90. The van der Waals surface area contributed by atoms with Gasteiger partial charge in [0.2, 0.25) is 0 Å². The molecule has 6 nitrogen and oxygen atoms in total. The van der Waals surface area contributed by atoms with Crippen LogP contribution in [-0.2, 0) is 10.0 Å². The molecule has 1 rings (SSSR count). The van der Waals surface area contributed by atoms with E-state index in [1.54, 1.807) is 6.07 Å². The lowest BCUT2D eigenvalue weighted by Gasteiger charge is -2.05. The van der Waals surface area contributed by atoms with Crippen molar-refractivity contribution in [1.29, 1.82) is 0 Å². The number of nitrogens with zero attached hydrogens (tertiary/aromatic N) is 1. The van der Waals surface area contributed by atoms with Crippen LogP contribution in [0.5, 0.6) is 0 Å². The number of nitrogens with one attached hydrogen (secondary N) is 2. The maximum atomic E-state index is 11.5. The zero-order chi connectivity index (χ0) is 12.0. The summed E-state index contributed by atoms with van der Waals surface area (Å²) in [5, 5.41) is 2.08. The van der Waals surface area contributed by atoms with Crippen molar-refractivity contribution in [3.05, 3.63) is 37.1 Å². The monoisotopic (exact) mass is 241 g/mol. The van der Waals surface area contributed by atoms with E-state index in [1.165, 1.54) is 24.4 Å². The van der Waals surface area contributed by atoms with E-state index in [0.29, 0.717) is 0 Å². The molecule has 86 valence electrons.